The number of carbonyl (C=O) groups is 2. The van der Waals surface area contributed by atoms with Crippen LogP contribution in [0, 0.1) is 23.2 Å². The highest BCUT2D eigenvalue weighted by atomic mass is 19.4. The first kappa shape index (κ1) is 23.8. The number of rotatable bonds is 5. The third kappa shape index (κ3) is 3.48. The zero-order valence-corrected chi connectivity index (χ0v) is 19.1. The zero-order chi connectivity index (χ0) is 25.2. The van der Waals surface area contributed by atoms with E-state index in [2.05, 4.69) is 5.32 Å². The van der Waals surface area contributed by atoms with Gasteiger partial charge in [-0.25, -0.2) is 4.79 Å². The summed E-state index contributed by atoms with van der Waals surface area (Å²) in [4.78, 5) is 27.3. The zero-order valence-electron chi connectivity index (χ0n) is 19.1. The third-order valence-corrected chi connectivity index (χ3v) is 7.65. The van der Waals surface area contributed by atoms with Gasteiger partial charge < -0.3 is 24.3 Å². The molecule has 4 aliphatic heterocycles. The van der Waals surface area contributed by atoms with Crippen molar-refractivity contribution in [1.82, 2.24) is 5.32 Å². The van der Waals surface area contributed by atoms with E-state index in [1.54, 1.807) is 13.0 Å². The summed E-state index contributed by atoms with van der Waals surface area (Å²) in [6.07, 6.45) is -5.33. The van der Waals surface area contributed by atoms with E-state index in [1.807, 2.05) is 0 Å². The van der Waals surface area contributed by atoms with Gasteiger partial charge in [-0.1, -0.05) is 0 Å². The number of ether oxygens (including phenoxy) is 4. The molecular formula is C23H24F3N3O6. The van der Waals surface area contributed by atoms with Gasteiger partial charge in [0.25, 0.3) is 0 Å². The van der Waals surface area contributed by atoms with Crippen LogP contribution in [0.3, 0.4) is 0 Å². The highest BCUT2D eigenvalue weighted by Gasteiger charge is 2.78. The molecule has 0 unspecified atom stereocenters. The largest absolute Gasteiger partial charge is 0.447 e. The molecule has 0 radical (unpaired) electrons. The number of halogens is 3. The second-order valence-electron chi connectivity index (χ2n) is 9.44. The monoisotopic (exact) mass is 495 g/mol. The summed E-state index contributed by atoms with van der Waals surface area (Å²) in [6.45, 7) is 2.27. The second-order valence-corrected chi connectivity index (χ2v) is 9.44. The maximum Gasteiger partial charge on any atom is 0.417 e. The number of hydrogen-bond donors (Lipinski definition) is 1. The summed E-state index contributed by atoms with van der Waals surface area (Å²) < 4.78 is 63.1. The molecule has 5 rings (SSSR count). The van der Waals surface area contributed by atoms with Crippen LogP contribution in [-0.4, -0.2) is 62.4 Å². The third-order valence-electron chi connectivity index (χ3n) is 7.65. The Kier molecular flexibility index (Phi) is 5.50. The summed E-state index contributed by atoms with van der Waals surface area (Å²) in [6, 6.07) is 4.22. The number of amides is 2. The van der Waals surface area contributed by atoms with Crippen molar-refractivity contribution in [3.05, 3.63) is 29.3 Å². The Labute approximate surface area is 199 Å². The molecule has 188 valence electrons. The minimum absolute atomic E-state index is 0.00394. The van der Waals surface area contributed by atoms with Crippen molar-refractivity contribution in [2.24, 2.45) is 11.8 Å². The lowest BCUT2D eigenvalue weighted by Crippen LogP contribution is -2.58. The maximum atomic E-state index is 13.7. The highest BCUT2D eigenvalue weighted by molar-refractivity contribution is 6.00. The molecule has 4 aliphatic rings. The van der Waals surface area contributed by atoms with Gasteiger partial charge in [0, 0.05) is 31.6 Å². The number of anilines is 1. The fourth-order valence-electron chi connectivity index (χ4n) is 6.24. The van der Waals surface area contributed by atoms with Crippen LogP contribution in [0.25, 0.3) is 0 Å². The predicted octanol–water partition coefficient (Wildman–Crippen LogP) is 2.58. The Morgan fingerprint density at radius 1 is 1.37 bits per heavy atom. The minimum Gasteiger partial charge on any atom is -0.447 e. The molecule has 6 atom stereocenters. The Morgan fingerprint density at radius 2 is 2.14 bits per heavy atom. The van der Waals surface area contributed by atoms with Gasteiger partial charge in [0.1, 0.15) is 12.8 Å². The van der Waals surface area contributed by atoms with E-state index in [-0.39, 0.29) is 25.5 Å². The van der Waals surface area contributed by atoms with Gasteiger partial charge in [0.2, 0.25) is 5.91 Å². The molecule has 2 bridgehead atoms. The Morgan fingerprint density at radius 3 is 2.83 bits per heavy atom. The summed E-state index contributed by atoms with van der Waals surface area (Å²) >= 11 is 0. The molecule has 1 aromatic carbocycles. The number of benzene rings is 1. The second kappa shape index (κ2) is 8.08. The van der Waals surface area contributed by atoms with Crippen molar-refractivity contribution < 1.29 is 41.7 Å². The van der Waals surface area contributed by atoms with E-state index in [4.69, 9.17) is 24.2 Å². The first-order valence-corrected chi connectivity index (χ1v) is 11.2. The quantitative estimate of drug-likeness (QED) is 0.626. The number of nitriles is 1. The van der Waals surface area contributed by atoms with Gasteiger partial charge in [-0.15, -0.1) is 0 Å². The molecule has 0 aromatic heterocycles. The van der Waals surface area contributed by atoms with E-state index >= 15 is 0 Å². The molecule has 35 heavy (non-hydrogen) atoms. The smallest absolute Gasteiger partial charge is 0.417 e. The lowest BCUT2D eigenvalue weighted by molar-refractivity contribution is -0.141. The van der Waals surface area contributed by atoms with Crippen LogP contribution in [0.4, 0.5) is 23.7 Å². The minimum atomic E-state index is -4.76. The molecule has 4 saturated heterocycles. The molecule has 12 heteroatoms. The van der Waals surface area contributed by atoms with Crippen LogP contribution in [0.5, 0.6) is 0 Å². The van der Waals surface area contributed by atoms with Crippen LogP contribution in [0.1, 0.15) is 30.9 Å². The molecule has 1 spiro atoms. The summed E-state index contributed by atoms with van der Waals surface area (Å²) in [7, 11) is 1.48. The molecule has 9 nitrogen and oxygen atoms in total. The summed E-state index contributed by atoms with van der Waals surface area (Å²) in [5.74, 6) is -1.60. The van der Waals surface area contributed by atoms with Crippen LogP contribution >= 0.6 is 0 Å². The van der Waals surface area contributed by atoms with Crippen molar-refractivity contribution in [2.75, 3.05) is 31.8 Å². The molecular weight excluding hydrogens is 471 g/mol. The average Bonchev–Trinajstić information content (AvgIpc) is 3.36. The predicted molar refractivity (Wildman–Crippen MR) is 112 cm³/mol. The van der Waals surface area contributed by atoms with Gasteiger partial charge in [-0.3, -0.25) is 9.69 Å². The molecule has 1 aromatic rings. The first-order chi connectivity index (χ1) is 16.6. The summed E-state index contributed by atoms with van der Waals surface area (Å²) in [5, 5.41) is 11.9. The van der Waals surface area contributed by atoms with E-state index in [0.29, 0.717) is 12.8 Å². The molecule has 4 fully saturated rings. The Hall–Kier alpha value is -2.88. The SMILES string of the molecule is COCCOC(=O)N[C@@H]1C[C@]23CCO[C@@H]4[C@H]2[C@@H](C(=O)N4c2ccc(C#N)c(C(F)(F)F)c2)[C@@]1(C)O3. The maximum absolute atomic E-state index is 13.7. The number of methoxy groups -OCH3 is 1. The molecule has 0 aliphatic carbocycles. The van der Waals surface area contributed by atoms with Gasteiger partial charge in [0.05, 0.1) is 53.6 Å². The van der Waals surface area contributed by atoms with Crippen LogP contribution in [0.2, 0.25) is 0 Å². The van der Waals surface area contributed by atoms with Gasteiger partial charge >= 0.3 is 12.3 Å². The number of alkyl carbamates (subject to hydrolysis) is 1. The van der Waals surface area contributed by atoms with E-state index in [1.165, 1.54) is 18.1 Å². The van der Waals surface area contributed by atoms with Crippen molar-refractivity contribution in [2.45, 2.75) is 49.4 Å². The Bertz CT molecular complexity index is 1110. The standard InChI is InChI=1S/C23H24F3N3O6/c1-21-15(28-20(31)34-8-7-32-2)10-22(35-21)5-6-33-19-17(22)16(21)18(30)29(19)13-4-3-12(11-27)14(9-13)23(24,25)26/h3-4,9,15-17,19H,5-8,10H2,1-2H3,(H,28,31)/t15-,16+,17-,19-,21+,22-/m1/s1. The summed E-state index contributed by atoms with van der Waals surface area (Å²) in [5.41, 5.74) is -3.50. The lowest BCUT2D eigenvalue weighted by Gasteiger charge is -2.42. The fraction of sp³-hybridized carbons (Fsp3) is 0.609. The van der Waals surface area contributed by atoms with Crippen LogP contribution < -0.4 is 10.2 Å². The van der Waals surface area contributed by atoms with Crippen LogP contribution in [0.15, 0.2) is 18.2 Å². The van der Waals surface area contributed by atoms with Crippen molar-refractivity contribution in [3.63, 3.8) is 0 Å². The first-order valence-electron chi connectivity index (χ1n) is 11.2. The number of nitrogens with zero attached hydrogens (tertiary/aromatic N) is 2. The van der Waals surface area contributed by atoms with Crippen molar-refractivity contribution >= 4 is 17.7 Å². The molecule has 0 saturated carbocycles. The van der Waals surface area contributed by atoms with Gasteiger partial charge in [-0.05, 0) is 25.1 Å². The van der Waals surface area contributed by atoms with E-state index in [0.717, 1.165) is 12.1 Å². The number of alkyl halides is 3. The lowest BCUT2D eigenvalue weighted by atomic mass is 9.64. The van der Waals surface area contributed by atoms with Gasteiger partial charge in [-0.2, -0.15) is 18.4 Å². The topological polar surface area (TPSA) is 110 Å². The van der Waals surface area contributed by atoms with Crippen molar-refractivity contribution in [1.29, 1.82) is 5.26 Å². The molecule has 4 heterocycles. The normalized spacial score (nSPS) is 35.1. The van der Waals surface area contributed by atoms with Crippen LogP contribution in [-0.2, 0) is 29.9 Å². The number of hydrogen-bond acceptors (Lipinski definition) is 7. The number of fused-ring (bicyclic) bond motifs is 2. The molecule has 1 N–H and O–H groups in total. The fourth-order valence-corrected chi connectivity index (χ4v) is 6.24. The molecule has 2 amide bonds. The van der Waals surface area contributed by atoms with Crippen molar-refractivity contribution in [3.8, 4) is 6.07 Å². The number of nitrogens with one attached hydrogen (secondary N) is 1. The van der Waals surface area contributed by atoms with E-state index in [9.17, 15) is 22.8 Å². The number of carbonyl (C=O) groups excluding carboxylic acids is 2. The van der Waals surface area contributed by atoms with Gasteiger partial charge in [0.15, 0.2) is 0 Å². The van der Waals surface area contributed by atoms with E-state index < -0.39 is 64.6 Å². The Balaban J connectivity index is 1.47. The average molecular weight is 495 g/mol. The highest BCUT2D eigenvalue weighted by Crippen LogP contribution is 2.65.